The van der Waals surface area contributed by atoms with Crippen LogP contribution in [0.5, 0.6) is 0 Å². The number of nitrogens with zero attached hydrogens (tertiary/aromatic N) is 4. The van der Waals surface area contributed by atoms with E-state index in [0.29, 0.717) is 24.2 Å². The fourth-order valence-electron chi connectivity index (χ4n) is 2.36. The third-order valence-corrected chi connectivity index (χ3v) is 3.71. The van der Waals surface area contributed by atoms with E-state index in [1.54, 1.807) is 30.3 Å². The summed E-state index contributed by atoms with van der Waals surface area (Å²) in [6, 6.07) is 4.81. The summed E-state index contributed by atoms with van der Waals surface area (Å²) in [5.41, 5.74) is 0.940. The van der Waals surface area contributed by atoms with Crippen LogP contribution >= 0.6 is 0 Å². The number of aryl methyl sites for hydroxylation is 2. The minimum absolute atomic E-state index is 0.133. The van der Waals surface area contributed by atoms with Crippen LogP contribution in [0.2, 0.25) is 0 Å². The molecule has 2 heterocycles. The molecular formula is C14H15FN4O. The smallest absolute Gasteiger partial charge is 0.254 e. The molecule has 1 aliphatic rings. The summed E-state index contributed by atoms with van der Waals surface area (Å²) in [6.45, 7) is 4.77. The molecule has 1 saturated heterocycles. The molecule has 2 aromatic rings. The van der Waals surface area contributed by atoms with Crippen LogP contribution in [0, 0.1) is 19.7 Å². The maximum atomic E-state index is 13.5. The van der Waals surface area contributed by atoms with Crippen molar-refractivity contribution in [2.75, 3.05) is 13.1 Å². The molecule has 104 valence electrons. The van der Waals surface area contributed by atoms with Crippen LogP contribution in [-0.4, -0.2) is 38.7 Å². The van der Waals surface area contributed by atoms with Crippen LogP contribution < -0.4 is 0 Å². The van der Waals surface area contributed by atoms with Gasteiger partial charge in [0.15, 0.2) is 0 Å². The van der Waals surface area contributed by atoms with Gasteiger partial charge in [0.1, 0.15) is 18.0 Å². The zero-order valence-electron chi connectivity index (χ0n) is 11.4. The van der Waals surface area contributed by atoms with Gasteiger partial charge in [-0.25, -0.2) is 4.39 Å². The molecular weight excluding hydrogens is 259 g/mol. The van der Waals surface area contributed by atoms with E-state index in [9.17, 15) is 9.18 Å². The van der Waals surface area contributed by atoms with Gasteiger partial charge in [-0.15, -0.1) is 10.2 Å². The van der Waals surface area contributed by atoms with Gasteiger partial charge in [-0.3, -0.25) is 4.79 Å². The Labute approximate surface area is 116 Å². The van der Waals surface area contributed by atoms with Crippen molar-refractivity contribution in [2.24, 2.45) is 0 Å². The molecule has 3 rings (SSSR count). The molecule has 0 radical (unpaired) electrons. The van der Waals surface area contributed by atoms with Crippen LogP contribution in [0.1, 0.15) is 27.8 Å². The largest absolute Gasteiger partial charge is 0.334 e. The molecule has 1 aliphatic heterocycles. The first kappa shape index (κ1) is 12.8. The van der Waals surface area contributed by atoms with E-state index < -0.39 is 0 Å². The fraction of sp³-hybridized carbons (Fsp3) is 0.357. The number of hydrogen-bond donors (Lipinski definition) is 0. The number of benzene rings is 1. The first-order valence-corrected chi connectivity index (χ1v) is 6.48. The van der Waals surface area contributed by atoms with Gasteiger partial charge in [0.2, 0.25) is 0 Å². The topological polar surface area (TPSA) is 51.0 Å². The Balaban J connectivity index is 1.69. The van der Waals surface area contributed by atoms with Crippen molar-refractivity contribution in [2.45, 2.75) is 19.9 Å². The van der Waals surface area contributed by atoms with Crippen molar-refractivity contribution in [3.05, 3.63) is 47.3 Å². The van der Waals surface area contributed by atoms with E-state index in [-0.39, 0.29) is 17.8 Å². The fourth-order valence-corrected chi connectivity index (χ4v) is 2.36. The zero-order chi connectivity index (χ0) is 14.3. The first-order chi connectivity index (χ1) is 9.56. The Morgan fingerprint density at radius 2 is 2.10 bits per heavy atom. The summed E-state index contributed by atoms with van der Waals surface area (Å²) in [4.78, 5) is 13.9. The van der Waals surface area contributed by atoms with Crippen LogP contribution in [0.4, 0.5) is 4.39 Å². The average molecular weight is 274 g/mol. The maximum absolute atomic E-state index is 13.5. The average Bonchev–Trinajstić information content (AvgIpc) is 2.77. The van der Waals surface area contributed by atoms with Crippen molar-refractivity contribution in [3.63, 3.8) is 0 Å². The molecule has 0 unspecified atom stereocenters. The van der Waals surface area contributed by atoms with Crippen molar-refractivity contribution < 1.29 is 9.18 Å². The number of hydrogen-bond acceptors (Lipinski definition) is 3. The second kappa shape index (κ2) is 4.70. The molecule has 0 N–H and O–H groups in total. The van der Waals surface area contributed by atoms with Crippen LogP contribution in [0.25, 0.3) is 0 Å². The number of aromatic nitrogens is 3. The molecule has 1 amide bonds. The molecule has 0 saturated carbocycles. The zero-order valence-corrected chi connectivity index (χ0v) is 11.4. The van der Waals surface area contributed by atoms with E-state index in [0.717, 1.165) is 5.82 Å². The second-order valence-corrected chi connectivity index (χ2v) is 5.11. The maximum Gasteiger partial charge on any atom is 0.254 e. The highest BCUT2D eigenvalue weighted by Crippen LogP contribution is 2.24. The van der Waals surface area contributed by atoms with Crippen molar-refractivity contribution in [1.29, 1.82) is 0 Å². The number of amides is 1. The van der Waals surface area contributed by atoms with E-state index in [1.165, 1.54) is 6.07 Å². The lowest BCUT2D eigenvalue weighted by Gasteiger charge is -2.40. The summed E-state index contributed by atoms with van der Waals surface area (Å²) < 4.78 is 15.4. The van der Waals surface area contributed by atoms with Gasteiger partial charge < -0.3 is 9.47 Å². The number of likely N-dealkylation sites (tertiary alicyclic amines) is 1. The summed E-state index contributed by atoms with van der Waals surface area (Å²) >= 11 is 0. The quantitative estimate of drug-likeness (QED) is 0.838. The standard InChI is InChI=1S/C14H15FN4O/c1-9-3-4-11(5-13(9)15)14(20)18-6-12(7-18)19-8-16-17-10(19)2/h3-5,8,12H,6-7H2,1-2H3. The first-order valence-electron chi connectivity index (χ1n) is 6.48. The molecule has 5 nitrogen and oxygen atoms in total. The number of rotatable bonds is 2. The number of carbonyl (C=O) groups excluding carboxylic acids is 1. The van der Waals surface area contributed by atoms with E-state index in [2.05, 4.69) is 10.2 Å². The Hall–Kier alpha value is -2.24. The molecule has 0 spiro atoms. The molecule has 1 aromatic carbocycles. The third-order valence-electron chi connectivity index (χ3n) is 3.71. The lowest BCUT2D eigenvalue weighted by Crippen LogP contribution is -2.50. The molecule has 0 bridgehead atoms. The minimum Gasteiger partial charge on any atom is -0.334 e. The molecule has 1 aromatic heterocycles. The highest BCUT2D eigenvalue weighted by Gasteiger charge is 2.33. The molecule has 6 heteroatoms. The van der Waals surface area contributed by atoms with E-state index in [1.807, 2.05) is 11.5 Å². The lowest BCUT2D eigenvalue weighted by atomic mass is 10.1. The number of halogens is 1. The van der Waals surface area contributed by atoms with Crippen molar-refractivity contribution >= 4 is 5.91 Å². The van der Waals surface area contributed by atoms with Gasteiger partial charge in [0, 0.05) is 18.7 Å². The monoisotopic (exact) mass is 274 g/mol. The van der Waals surface area contributed by atoms with Crippen LogP contribution in [-0.2, 0) is 0 Å². The normalized spacial score (nSPS) is 15.2. The lowest BCUT2D eigenvalue weighted by molar-refractivity contribution is 0.0516. The molecule has 1 fully saturated rings. The Bertz CT molecular complexity index is 661. The minimum atomic E-state index is -0.345. The Morgan fingerprint density at radius 1 is 1.35 bits per heavy atom. The summed E-state index contributed by atoms with van der Waals surface area (Å²) in [6.07, 6.45) is 1.67. The van der Waals surface area contributed by atoms with Gasteiger partial charge >= 0.3 is 0 Å². The second-order valence-electron chi connectivity index (χ2n) is 5.11. The number of carbonyl (C=O) groups is 1. The Kier molecular flexibility index (Phi) is 3.00. The van der Waals surface area contributed by atoms with Gasteiger partial charge in [-0.1, -0.05) is 6.07 Å². The highest BCUT2D eigenvalue weighted by atomic mass is 19.1. The van der Waals surface area contributed by atoms with Gasteiger partial charge in [0.25, 0.3) is 5.91 Å². The van der Waals surface area contributed by atoms with Gasteiger partial charge in [-0.2, -0.15) is 0 Å². The van der Waals surface area contributed by atoms with Crippen molar-refractivity contribution in [1.82, 2.24) is 19.7 Å². The molecule has 0 atom stereocenters. The van der Waals surface area contributed by atoms with Crippen LogP contribution in [0.15, 0.2) is 24.5 Å². The SMILES string of the molecule is Cc1ccc(C(=O)N2CC(n3cnnc3C)C2)cc1F. The third kappa shape index (κ3) is 2.07. The molecule has 20 heavy (non-hydrogen) atoms. The Morgan fingerprint density at radius 3 is 2.70 bits per heavy atom. The van der Waals surface area contributed by atoms with Crippen LogP contribution in [0.3, 0.4) is 0 Å². The predicted molar refractivity (Wildman–Crippen MR) is 70.8 cm³/mol. The van der Waals surface area contributed by atoms with E-state index >= 15 is 0 Å². The highest BCUT2D eigenvalue weighted by molar-refractivity contribution is 5.94. The summed E-state index contributed by atoms with van der Waals surface area (Å²) in [7, 11) is 0. The van der Waals surface area contributed by atoms with Crippen molar-refractivity contribution in [3.8, 4) is 0 Å². The molecule has 0 aliphatic carbocycles. The predicted octanol–water partition coefficient (Wildman–Crippen LogP) is 1.73. The van der Waals surface area contributed by atoms with Gasteiger partial charge in [0.05, 0.1) is 6.04 Å². The van der Waals surface area contributed by atoms with E-state index in [4.69, 9.17) is 0 Å². The van der Waals surface area contributed by atoms with Gasteiger partial charge in [-0.05, 0) is 31.5 Å². The summed E-state index contributed by atoms with van der Waals surface area (Å²) in [5, 5.41) is 7.76. The summed E-state index contributed by atoms with van der Waals surface area (Å²) in [5.74, 6) is 0.358.